The number of thiophene rings is 1. The first-order chi connectivity index (χ1) is 10.5. The smallest absolute Gasteiger partial charge is 0.241 e. The lowest BCUT2D eigenvalue weighted by Crippen LogP contribution is -2.44. The average Bonchev–Trinajstić information content (AvgIpc) is 2.97. The Hall–Kier alpha value is -1.36. The minimum absolute atomic E-state index is 0.0176. The van der Waals surface area contributed by atoms with Gasteiger partial charge in [-0.15, -0.1) is 11.3 Å². The Bertz CT molecular complexity index is 698. The molecular weight excluding hydrogens is 316 g/mol. The van der Waals surface area contributed by atoms with Crippen molar-refractivity contribution in [3.8, 4) is 0 Å². The van der Waals surface area contributed by atoms with Gasteiger partial charge in [0.25, 0.3) is 0 Å². The van der Waals surface area contributed by atoms with E-state index >= 15 is 0 Å². The normalized spacial score (nSPS) is 16.1. The molecule has 1 N–H and O–H groups in total. The van der Waals surface area contributed by atoms with Crippen LogP contribution in [0.5, 0.6) is 0 Å². The van der Waals surface area contributed by atoms with Gasteiger partial charge in [0.1, 0.15) is 0 Å². The van der Waals surface area contributed by atoms with E-state index in [0.29, 0.717) is 5.02 Å². The van der Waals surface area contributed by atoms with E-state index in [2.05, 4.69) is 21.7 Å². The van der Waals surface area contributed by atoms with Crippen molar-refractivity contribution in [1.29, 1.82) is 0 Å². The monoisotopic (exact) mass is 334 g/mol. The predicted octanol–water partition coefficient (Wildman–Crippen LogP) is 4.10. The molecule has 3 rings (SSSR count). The number of amides is 1. The zero-order valence-electron chi connectivity index (χ0n) is 12.7. The van der Waals surface area contributed by atoms with Crippen molar-refractivity contribution in [3.05, 3.63) is 50.7 Å². The molecule has 5 heteroatoms. The zero-order chi connectivity index (χ0) is 15.7. The van der Waals surface area contributed by atoms with Gasteiger partial charge in [0.05, 0.1) is 6.04 Å². The van der Waals surface area contributed by atoms with Crippen molar-refractivity contribution in [3.63, 3.8) is 0 Å². The van der Waals surface area contributed by atoms with Crippen LogP contribution < -0.4 is 5.32 Å². The highest BCUT2D eigenvalue weighted by Gasteiger charge is 2.26. The van der Waals surface area contributed by atoms with Crippen LogP contribution in [0, 0.1) is 6.92 Å². The van der Waals surface area contributed by atoms with Gasteiger partial charge in [-0.2, -0.15) is 0 Å². The van der Waals surface area contributed by atoms with Crippen LogP contribution in [-0.2, 0) is 17.8 Å². The molecule has 0 saturated carbocycles. The molecule has 2 heterocycles. The minimum atomic E-state index is -0.161. The van der Waals surface area contributed by atoms with Crippen molar-refractivity contribution < 1.29 is 4.79 Å². The quantitative estimate of drug-likeness (QED) is 0.916. The molecule has 0 bridgehead atoms. The van der Waals surface area contributed by atoms with Gasteiger partial charge in [-0.25, -0.2) is 0 Å². The van der Waals surface area contributed by atoms with E-state index in [1.165, 1.54) is 10.4 Å². The molecule has 1 unspecified atom stereocenters. The van der Waals surface area contributed by atoms with E-state index in [9.17, 15) is 4.79 Å². The second-order valence-corrected chi connectivity index (χ2v) is 7.15. The third kappa shape index (κ3) is 3.19. The van der Waals surface area contributed by atoms with Crippen LogP contribution >= 0.6 is 22.9 Å². The molecule has 3 nitrogen and oxygen atoms in total. The summed E-state index contributed by atoms with van der Waals surface area (Å²) < 4.78 is 0. The second-order valence-electron chi connectivity index (χ2n) is 5.71. The first kappa shape index (κ1) is 15.5. The fourth-order valence-corrected chi connectivity index (χ4v) is 3.79. The standard InChI is InChI=1S/C17H19ClN2OS/c1-11-3-4-14(18)9-15(11)19-17(21)12(2)20-7-5-16-13(10-20)6-8-22-16/h3-4,6,8-9,12H,5,7,10H2,1-2H3,(H,19,21). The lowest BCUT2D eigenvalue weighted by molar-refractivity contribution is -0.121. The molecule has 0 saturated heterocycles. The number of hydrogen-bond acceptors (Lipinski definition) is 3. The third-order valence-corrected chi connectivity index (χ3v) is 5.48. The molecule has 0 radical (unpaired) electrons. The Morgan fingerprint density at radius 1 is 1.41 bits per heavy atom. The summed E-state index contributed by atoms with van der Waals surface area (Å²) in [6.07, 6.45) is 1.03. The number of halogens is 1. The predicted molar refractivity (Wildman–Crippen MR) is 92.7 cm³/mol. The molecule has 1 aromatic carbocycles. The summed E-state index contributed by atoms with van der Waals surface area (Å²) in [5.74, 6) is 0.0176. The summed E-state index contributed by atoms with van der Waals surface area (Å²) in [6, 6.07) is 7.55. The van der Waals surface area contributed by atoms with Crippen molar-refractivity contribution in [1.82, 2.24) is 4.90 Å². The number of benzene rings is 1. The largest absolute Gasteiger partial charge is 0.324 e. The number of carbonyl (C=O) groups excluding carboxylic acids is 1. The number of aryl methyl sites for hydroxylation is 1. The SMILES string of the molecule is Cc1ccc(Cl)cc1NC(=O)C(C)N1CCc2sccc2C1. The molecule has 0 spiro atoms. The summed E-state index contributed by atoms with van der Waals surface area (Å²) in [4.78, 5) is 16.2. The van der Waals surface area contributed by atoms with Crippen molar-refractivity contribution in [2.24, 2.45) is 0 Å². The van der Waals surface area contributed by atoms with E-state index < -0.39 is 0 Å². The first-order valence-corrected chi connectivity index (χ1v) is 8.66. The Labute approximate surface area is 139 Å². The maximum absolute atomic E-state index is 12.5. The molecule has 116 valence electrons. The van der Waals surface area contributed by atoms with E-state index in [4.69, 9.17) is 11.6 Å². The topological polar surface area (TPSA) is 32.3 Å². The number of carbonyl (C=O) groups is 1. The van der Waals surface area contributed by atoms with Crippen LogP contribution in [0.3, 0.4) is 0 Å². The molecule has 1 aliphatic rings. The maximum atomic E-state index is 12.5. The highest BCUT2D eigenvalue weighted by molar-refractivity contribution is 7.10. The van der Waals surface area contributed by atoms with Gasteiger partial charge in [0.15, 0.2) is 0 Å². The van der Waals surface area contributed by atoms with Gasteiger partial charge >= 0.3 is 0 Å². The number of rotatable bonds is 3. The molecule has 22 heavy (non-hydrogen) atoms. The van der Waals surface area contributed by atoms with Crippen molar-refractivity contribution in [2.75, 3.05) is 11.9 Å². The zero-order valence-corrected chi connectivity index (χ0v) is 14.3. The minimum Gasteiger partial charge on any atom is -0.324 e. The lowest BCUT2D eigenvalue weighted by atomic mass is 10.1. The van der Waals surface area contributed by atoms with E-state index in [1.54, 1.807) is 6.07 Å². The van der Waals surface area contributed by atoms with Crippen LogP contribution in [0.4, 0.5) is 5.69 Å². The van der Waals surface area contributed by atoms with Crippen LogP contribution in [0.25, 0.3) is 0 Å². The summed E-state index contributed by atoms with van der Waals surface area (Å²) in [6.45, 7) is 5.71. The number of anilines is 1. The van der Waals surface area contributed by atoms with Gasteiger partial charge in [0, 0.05) is 28.7 Å². The average molecular weight is 335 g/mol. The highest BCUT2D eigenvalue weighted by Crippen LogP contribution is 2.26. The lowest BCUT2D eigenvalue weighted by Gasteiger charge is -2.31. The fraction of sp³-hybridized carbons (Fsp3) is 0.353. The first-order valence-electron chi connectivity index (χ1n) is 7.41. The van der Waals surface area contributed by atoms with Gasteiger partial charge in [0.2, 0.25) is 5.91 Å². The molecule has 1 aliphatic heterocycles. The summed E-state index contributed by atoms with van der Waals surface area (Å²) >= 11 is 7.82. The summed E-state index contributed by atoms with van der Waals surface area (Å²) in [7, 11) is 0. The van der Waals surface area contributed by atoms with E-state index in [-0.39, 0.29) is 11.9 Å². The number of fused-ring (bicyclic) bond motifs is 1. The van der Waals surface area contributed by atoms with Gasteiger partial charge in [-0.05, 0) is 55.0 Å². The van der Waals surface area contributed by atoms with E-state index in [0.717, 1.165) is 30.8 Å². The number of hydrogen-bond donors (Lipinski definition) is 1. The summed E-state index contributed by atoms with van der Waals surface area (Å²) in [5, 5.41) is 5.77. The van der Waals surface area contributed by atoms with Crippen LogP contribution in [0.1, 0.15) is 22.9 Å². The molecule has 1 aromatic heterocycles. The van der Waals surface area contributed by atoms with Gasteiger partial charge in [-0.3, -0.25) is 9.69 Å². The molecule has 0 aliphatic carbocycles. The molecule has 0 fully saturated rings. The Kier molecular flexibility index (Phi) is 4.52. The molecular formula is C17H19ClN2OS. The van der Waals surface area contributed by atoms with E-state index in [1.807, 2.05) is 37.3 Å². The fourth-order valence-electron chi connectivity index (χ4n) is 2.73. The Morgan fingerprint density at radius 2 is 2.23 bits per heavy atom. The van der Waals surface area contributed by atoms with Crippen LogP contribution in [0.15, 0.2) is 29.6 Å². The second kappa shape index (κ2) is 6.41. The Balaban J connectivity index is 1.69. The molecule has 2 aromatic rings. The molecule has 1 amide bonds. The number of nitrogens with one attached hydrogen (secondary N) is 1. The van der Waals surface area contributed by atoms with Gasteiger partial charge in [-0.1, -0.05) is 17.7 Å². The third-order valence-electron chi connectivity index (χ3n) is 4.22. The number of nitrogens with zero attached hydrogens (tertiary/aromatic N) is 1. The summed E-state index contributed by atoms with van der Waals surface area (Å²) in [5.41, 5.74) is 3.16. The van der Waals surface area contributed by atoms with Gasteiger partial charge < -0.3 is 5.32 Å². The van der Waals surface area contributed by atoms with Crippen LogP contribution in [0.2, 0.25) is 5.02 Å². The van der Waals surface area contributed by atoms with Crippen LogP contribution in [-0.4, -0.2) is 23.4 Å². The maximum Gasteiger partial charge on any atom is 0.241 e. The van der Waals surface area contributed by atoms with Crippen molar-refractivity contribution in [2.45, 2.75) is 32.9 Å². The Morgan fingerprint density at radius 3 is 3.05 bits per heavy atom. The van der Waals surface area contributed by atoms with Crippen molar-refractivity contribution >= 4 is 34.5 Å². The highest BCUT2D eigenvalue weighted by atomic mass is 35.5. The molecule has 1 atom stereocenters.